The van der Waals surface area contributed by atoms with Gasteiger partial charge in [0, 0.05) is 16.8 Å². The molecule has 0 bridgehead atoms. The Bertz CT molecular complexity index is 1490. The first-order valence-corrected chi connectivity index (χ1v) is 13.8. The number of ether oxygens (including phenoxy) is 1. The molecule has 9 heteroatoms. The molecule has 0 aliphatic heterocycles. The SMILES string of the molecule is CCOC(=O)c1[nH]c2c(C(C)C)nn(Cc3ccccc3)c2c1-c1ccc(CS(C)(=O)=O)c(Cl)c1. The van der Waals surface area contributed by atoms with Gasteiger partial charge in [0.2, 0.25) is 0 Å². The van der Waals surface area contributed by atoms with Gasteiger partial charge in [-0.2, -0.15) is 5.10 Å². The van der Waals surface area contributed by atoms with Crippen LogP contribution in [-0.2, 0) is 26.9 Å². The first-order valence-electron chi connectivity index (χ1n) is 11.4. The molecule has 0 saturated carbocycles. The zero-order chi connectivity index (χ0) is 25.3. The second-order valence-corrected chi connectivity index (χ2v) is 11.4. The number of aromatic nitrogens is 3. The van der Waals surface area contributed by atoms with Crippen molar-refractivity contribution in [2.75, 3.05) is 12.9 Å². The van der Waals surface area contributed by atoms with Crippen LogP contribution in [0.5, 0.6) is 0 Å². The molecule has 4 rings (SSSR count). The summed E-state index contributed by atoms with van der Waals surface area (Å²) in [7, 11) is -3.26. The van der Waals surface area contributed by atoms with E-state index in [1.165, 1.54) is 6.26 Å². The summed E-state index contributed by atoms with van der Waals surface area (Å²) >= 11 is 6.51. The van der Waals surface area contributed by atoms with Gasteiger partial charge in [0.15, 0.2) is 9.84 Å². The Labute approximate surface area is 210 Å². The summed E-state index contributed by atoms with van der Waals surface area (Å²) in [6.07, 6.45) is 1.17. The van der Waals surface area contributed by atoms with Crippen LogP contribution in [0.2, 0.25) is 5.02 Å². The molecule has 4 aromatic rings. The lowest BCUT2D eigenvalue weighted by atomic mass is 10.0. The highest BCUT2D eigenvalue weighted by molar-refractivity contribution is 7.89. The van der Waals surface area contributed by atoms with Gasteiger partial charge < -0.3 is 9.72 Å². The third-order valence-electron chi connectivity index (χ3n) is 5.68. The highest BCUT2D eigenvalue weighted by Gasteiger charge is 2.27. The number of aromatic amines is 1. The minimum absolute atomic E-state index is 0.108. The van der Waals surface area contributed by atoms with Crippen molar-refractivity contribution in [1.29, 1.82) is 0 Å². The van der Waals surface area contributed by atoms with Crippen molar-refractivity contribution in [2.24, 2.45) is 0 Å². The average molecular weight is 514 g/mol. The monoisotopic (exact) mass is 513 g/mol. The van der Waals surface area contributed by atoms with Crippen molar-refractivity contribution in [3.05, 3.63) is 76.1 Å². The van der Waals surface area contributed by atoms with E-state index < -0.39 is 15.8 Å². The summed E-state index contributed by atoms with van der Waals surface area (Å²) in [5.41, 5.74) is 5.56. The van der Waals surface area contributed by atoms with Gasteiger partial charge in [0.1, 0.15) is 5.69 Å². The molecule has 0 radical (unpaired) electrons. The zero-order valence-electron chi connectivity index (χ0n) is 20.1. The van der Waals surface area contributed by atoms with Crippen molar-refractivity contribution >= 4 is 38.4 Å². The summed E-state index contributed by atoms with van der Waals surface area (Å²) in [6.45, 7) is 6.60. The van der Waals surface area contributed by atoms with Gasteiger partial charge in [0.25, 0.3) is 0 Å². The third-order valence-corrected chi connectivity index (χ3v) is 6.86. The van der Waals surface area contributed by atoms with Gasteiger partial charge >= 0.3 is 5.97 Å². The van der Waals surface area contributed by atoms with Crippen LogP contribution < -0.4 is 0 Å². The fourth-order valence-corrected chi connectivity index (χ4v) is 5.32. The van der Waals surface area contributed by atoms with Gasteiger partial charge in [-0.15, -0.1) is 0 Å². The quantitative estimate of drug-likeness (QED) is 0.310. The van der Waals surface area contributed by atoms with E-state index in [-0.39, 0.29) is 18.3 Å². The molecule has 0 aliphatic rings. The Morgan fingerprint density at radius 2 is 1.89 bits per heavy atom. The molecule has 2 aromatic carbocycles. The lowest BCUT2D eigenvalue weighted by Gasteiger charge is -2.10. The van der Waals surface area contributed by atoms with Crippen LogP contribution in [0.1, 0.15) is 54.0 Å². The summed E-state index contributed by atoms with van der Waals surface area (Å²) in [4.78, 5) is 16.3. The lowest BCUT2D eigenvalue weighted by molar-refractivity contribution is 0.0521. The van der Waals surface area contributed by atoms with Crippen LogP contribution in [0.3, 0.4) is 0 Å². The highest BCUT2D eigenvalue weighted by Crippen LogP contribution is 2.38. The van der Waals surface area contributed by atoms with Crippen molar-refractivity contribution in [3.8, 4) is 11.1 Å². The van der Waals surface area contributed by atoms with Crippen molar-refractivity contribution in [2.45, 2.75) is 39.0 Å². The Morgan fingerprint density at radius 3 is 2.49 bits per heavy atom. The summed E-state index contributed by atoms with van der Waals surface area (Å²) in [5.74, 6) is -0.532. The molecule has 35 heavy (non-hydrogen) atoms. The number of halogens is 1. The van der Waals surface area contributed by atoms with Crippen molar-refractivity contribution < 1.29 is 17.9 Å². The Balaban J connectivity index is 1.97. The number of fused-ring (bicyclic) bond motifs is 1. The average Bonchev–Trinajstić information content (AvgIpc) is 3.33. The van der Waals surface area contributed by atoms with E-state index in [4.69, 9.17) is 21.4 Å². The molecule has 2 aromatic heterocycles. The van der Waals surface area contributed by atoms with Crippen LogP contribution in [0.25, 0.3) is 22.2 Å². The Morgan fingerprint density at radius 1 is 1.17 bits per heavy atom. The molecular formula is C26H28ClN3O4S. The van der Waals surface area contributed by atoms with Crippen molar-refractivity contribution in [3.63, 3.8) is 0 Å². The van der Waals surface area contributed by atoms with E-state index in [1.807, 2.05) is 35.0 Å². The minimum Gasteiger partial charge on any atom is -0.461 e. The van der Waals surface area contributed by atoms with Crippen molar-refractivity contribution in [1.82, 2.24) is 14.8 Å². The molecule has 0 spiro atoms. The van der Waals surface area contributed by atoms with Gasteiger partial charge in [-0.25, -0.2) is 13.2 Å². The number of hydrogen-bond acceptors (Lipinski definition) is 5. The Kier molecular flexibility index (Phi) is 7.05. The molecule has 0 fully saturated rings. The van der Waals surface area contributed by atoms with E-state index in [1.54, 1.807) is 25.1 Å². The van der Waals surface area contributed by atoms with E-state index >= 15 is 0 Å². The molecule has 2 heterocycles. The first-order chi connectivity index (χ1) is 16.6. The van der Waals surface area contributed by atoms with E-state index in [9.17, 15) is 13.2 Å². The van der Waals surface area contributed by atoms with Crippen LogP contribution in [0.4, 0.5) is 0 Å². The molecule has 7 nitrogen and oxygen atoms in total. The fourth-order valence-electron chi connectivity index (χ4n) is 4.18. The number of nitrogens with one attached hydrogen (secondary N) is 1. The molecular weight excluding hydrogens is 486 g/mol. The molecule has 0 amide bonds. The van der Waals surface area contributed by atoms with Gasteiger partial charge in [0.05, 0.1) is 35.6 Å². The van der Waals surface area contributed by atoms with Crippen LogP contribution in [0.15, 0.2) is 48.5 Å². The predicted molar refractivity (Wildman–Crippen MR) is 139 cm³/mol. The maximum Gasteiger partial charge on any atom is 0.355 e. The number of hydrogen-bond donors (Lipinski definition) is 1. The fraction of sp³-hybridized carbons (Fsp3) is 0.308. The van der Waals surface area contributed by atoms with E-state index in [2.05, 4.69) is 18.8 Å². The maximum atomic E-state index is 13.0. The third kappa shape index (κ3) is 5.28. The number of carbonyl (C=O) groups excluding carboxylic acids is 1. The van der Waals surface area contributed by atoms with Crippen LogP contribution in [0, 0.1) is 0 Å². The van der Waals surface area contributed by atoms with Gasteiger partial charge in [-0.3, -0.25) is 4.68 Å². The van der Waals surface area contributed by atoms with Gasteiger partial charge in [-0.05, 0) is 35.6 Å². The predicted octanol–water partition coefficient (Wildman–Crippen LogP) is 5.58. The second-order valence-electron chi connectivity index (χ2n) is 8.88. The largest absolute Gasteiger partial charge is 0.461 e. The number of rotatable bonds is 8. The number of nitrogens with zero attached hydrogens (tertiary/aromatic N) is 2. The number of esters is 1. The number of H-pyrrole nitrogens is 1. The number of benzene rings is 2. The minimum atomic E-state index is -3.26. The smallest absolute Gasteiger partial charge is 0.355 e. The normalized spacial score (nSPS) is 11.9. The molecule has 0 aliphatic carbocycles. The number of carbonyl (C=O) groups is 1. The Hall–Kier alpha value is -3.10. The molecule has 0 atom stereocenters. The standard InChI is InChI=1S/C26H28ClN3O4S/c1-5-34-26(31)23-21(18-11-12-19(20(27)13-18)15-35(4,32)33)25-24(28-23)22(16(2)3)29-30(25)14-17-9-7-6-8-10-17/h6-13,16,28H,5,14-15H2,1-4H3. The number of sulfone groups is 1. The van der Waals surface area contributed by atoms with Gasteiger partial charge in [-0.1, -0.05) is 67.9 Å². The molecule has 184 valence electrons. The summed E-state index contributed by atoms with van der Waals surface area (Å²) in [5, 5.41) is 5.20. The summed E-state index contributed by atoms with van der Waals surface area (Å²) in [6, 6.07) is 15.1. The van der Waals surface area contributed by atoms with Crippen LogP contribution >= 0.6 is 11.6 Å². The molecule has 0 saturated heterocycles. The van der Waals surface area contributed by atoms with Crippen LogP contribution in [-0.4, -0.2) is 42.0 Å². The first kappa shape index (κ1) is 25.0. The highest BCUT2D eigenvalue weighted by atomic mass is 35.5. The molecule has 0 unspecified atom stereocenters. The van der Waals surface area contributed by atoms with E-state index in [0.29, 0.717) is 34.0 Å². The molecule has 1 N–H and O–H groups in total. The zero-order valence-corrected chi connectivity index (χ0v) is 21.7. The van der Waals surface area contributed by atoms with E-state index in [0.717, 1.165) is 22.3 Å². The maximum absolute atomic E-state index is 13.0. The summed E-state index contributed by atoms with van der Waals surface area (Å²) < 4.78 is 30.9. The lowest BCUT2D eigenvalue weighted by Crippen LogP contribution is -2.09. The second kappa shape index (κ2) is 9.87. The topological polar surface area (TPSA) is 94.1 Å².